The number of hydrogen-bond acceptors (Lipinski definition) is 10. The standard InChI is InChI=1S/C23H31F2N9O2/c1-14-11-36-8-7-33(14)21-30-17(15-9-28-20(27)29-10-15)16-3-5-34(18(16)31-21)22(2)4-6-32(13-22)19(35)23(24,25)12-26/h9-10,14H,3-8,11-13,26H2,1-2H3,(H2,27,28,29)/t14-,22-/m0/s1. The van der Waals surface area contributed by atoms with Gasteiger partial charge in [0.15, 0.2) is 0 Å². The number of alkyl halides is 2. The zero-order valence-corrected chi connectivity index (χ0v) is 20.5. The van der Waals surface area contributed by atoms with E-state index in [1.54, 1.807) is 12.4 Å². The Morgan fingerprint density at radius 3 is 2.69 bits per heavy atom. The largest absolute Gasteiger partial charge is 0.377 e. The van der Waals surface area contributed by atoms with Crippen LogP contribution in [0.1, 0.15) is 25.8 Å². The molecule has 1 amide bonds. The summed E-state index contributed by atoms with van der Waals surface area (Å²) in [6.45, 7) is 5.83. The minimum absolute atomic E-state index is 0.0795. The van der Waals surface area contributed by atoms with Gasteiger partial charge < -0.3 is 30.9 Å². The lowest BCUT2D eigenvalue weighted by Gasteiger charge is -2.38. The van der Waals surface area contributed by atoms with Crippen LogP contribution in [-0.4, -0.2) is 94.2 Å². The molecule has 0 saturated carbocycles. The number of rotatable bonds is 5. The minimum Gasteiger partial charge on any atom is -0.377 e. The number of morpholine rings is 1. The summed E-state index contributed by atoms with van der Waals surface area (Å²) in [7, 11) is 0. The van der Waals surface area contributed by atoms with Gasteiger partial charge in [-0.05, 0) is 26.7 Å². The van der Waals surface area contributed by atoms with E-state index in [4.69, 9.17) is 26.2 Å². The number of hydrogen-bond donors (Lipinski definition) is 2. The normalized spacial score (nSPS) is 24.4. The number of nitrogens with two attached hydrogens (primary N) is 2. The molecule has 36 heavy (non-hydrogen) atoms. The van der Waals surface area contributed by atoms with Crippen molar-refractivity contribution in [1.29, 1.82) is 0 Å². The summed E-state index contributed by atoms with van der Waals surface area (Å²) < 4.78 is 33.7. The van der Waals surface area contributed by atoms with Crippen LogP contribution < -0.4 is 21.3 Å². The number of fused-ring (bicyclic) bond motifs is 1. The van der Waals surface area contributed by atoms with Gasteiger partial charge in [0.2, 0.25) is 11.9 Å². The van der Waals surface area contributed by atoms with Crippen molar-refractivity contribution in [2.24, 2.45) is 5.73 Å². The monoisotopic (exact) mass is 503 g/mol. The van der Waals surface area contributed by atoms with Crippen molar-refractivity contribution < 1.29 is 18.3 Å². The van der Waals surface area contributed by atoms with E-state index in [2.05, 4.69) is 26.7 Å². The molecular weight excluding hydrogens is 472 g/mol. The quantitative estimate of drug-likeness (QED) is 0.599. The van der Waals surface area contributed by atoms with E-state index in [1.807, 2.05) is 6.92 Å². The molecule has 2 atom stereocenters. The van der Waals surface area contributed by atoms with Gasteiger partial charge in [-0.1, -0.05) is 0 Å². The first-order valence-corrected chi connectivity index (χ1v) is 12.1. The molecule has 5 rings (SSSR count). The maximum atomic E-state index is 14.0. The average Bonchev–Trinajstić information content (AvgIpc) is 3.48. The van der Waals surface area contributed by atoms with Crippen molar-refractivity contribution in [3.05, 3.63) is 18.0 Å². The van der Waals surface area contributed by atoms with E-state index in [9.17, 15) is 13.6 Å². The Morgan fingerprint density at radius 1 is 1.25 bits per heavy atom. The Labute approximate surface area is 207 Å². The van der Waals surface area contributed by atoms with Gasteiger partial charge in [0, 0.05) is 49.7 Å². The minimum atomic E-state index is -3.57. The number of anilines is 3. The van der Waals surface area contributed by atoms with Crippen LogP contribution in [0.3, 0.4) is 0 Å². The van der Waals surface area contributed by atoms with Crippen LogP contribution in [0.5, 0.6) is 0 Å². The predicted octanol–water partition coefficient (Wildman–Crippen LogP) is 0.688. The highest BCUT2D eigenvalue weighted by Gasteiger charge is 2.49. The summed E-state index contributed by atoms with van der Waals surface area (Å²) >= 11 is 0. The van der Waals surface area contributed by atoms with Gasteiger partial charge in [-0.2, -0.15) is 13.8 Å². The first-order valence-electron chi connectivity index (χ1n) is 12.1. The van der Waals surface area contributed by atoms with Gasteiger partial charge in [0.25, 0.3) is 5.91 Å². The van der Waals surface area contributed by atoms with E-state index in [-0.39, 0.29) is 25.1 Å². The lowest BCUT2D eigenvalue weighted by atomic mass is 9.99. The van der Waals surface area contributed by atoms with E-state index in [0.29, 0.717) is 45.1 Å². The molecule has 194 valence electrons. The molecule has 3 aliphatic rings. The fourth-order valence-corrected chi connectivity index (χ4v) is 5.28. The Kier molecular flexibility index (Phi) is 6.15. The van der Waals surface area contributed by atoms with Gasteiger partial charge in [-0.25, -0.2) is 15.0 Å². The molecule has 4 N–H and O–H groups in total. The summed E-state index contributed by atoms with van der Waals surface area (Å²) in [6, 6.07) is 0.0795. The smallest absolute Gasteiger partial charge is 0.336 e. The summed E-state index contributed by atoms with van der Waals surface area (Å²) in [5.74, 6) is -3.32. The van der Waals surface area contributed by atoms with Gasteiger partial charge in [-0.15, -0.1) is 0 Å². The topological polar surface area (TPSA) is 140 Å². The molecule has 11 nitrogen and oxygen atoms in total. The molecule has 2 saturated heterocycles. The third kappa shape index (κ3) is 4.19. The molecule has 5 heterocycles. The zero-order valence-electron chi connectivity index (χ0n) is 20.5. The number of ether oxygens (including phenoxy) is 1. The Morgan fingerprint density at radius 2 is 2.00 bits per heavy atom. The maximum Gasteiger partial charge on any atom is 0.336 e. The number of nitrogens with zero attached hydrogens (tertiary/aromatic N) is 7. The van der Waals surface area contributed by atoms with Gasteiger partial charge >= 0.3 is 5.92 Å². The predicted molar refractivity (Wildman–Crippen MR) is 130 cm³/mol. The van der Waals surface area contributed by atoms with Crippen molar-refractivity contribution in [2.75, 3.05) is 61.5 Å². The number of halogens is 2. The van der Waals surface area contributed by atoms with E-state index < -0.39 is 23.9 Å². The van der Waals surface area contributed by atoms with Crippen molar-refractivity contribution in [3.63, 3.8) is 0 Å². The number of nitrogen functional groups attached to an aromatic ring is 1. The summed E-state index contributed by atoms with van der Waals surface area (Å²) in [4.78, 5) is 36.1. The molecule has 2 aromatic heterocycles. The van der Waals surface area contributed by atoms with E-state index in [1.165, 1.54) is 4.90 Å². The van der Waals surface area contributed by atoms with Crippen molar-refractivity contribution >= 4 is 23.6 Å². The van der Waals surface area contributed by atoms with Crippen LogP contribution in [-0.2, 0) is 16.0 Å². The first-order chi connectivity index (χ1) is 17.1. The molecule has 0 aromatic carbocycles. The van der Waals surface area contributed by atoms with Crippen molar-refractivity contribution in [3.8, 4) is 11.3 Å². The zero-order chi connectivity index (χ0) is 25.7. The van der Waals surface area contributed by atoms with Crippen LogP contribution in [0.25, 0.3) is 11.3 Å². The second kappa shape index (κ2) is 9.04. The van der Waals surface area contributed by atoms with Crippen LogP contribution in [0.4, 0.5) is 26.5 Å². The lowest BCUT2D eigenvalue weighted by molar-refractivity contribution is -0.154. The molecular formula is C23H31F2N9O2. The molecule has 3 aliphatic heterocycles. The molecule has 0 spiro atoms. The van der Waals surface area contributed by atoms with Gasteiger partial charge in [0.05, 0.1) is 37.0 Å². The second-order valence-electron chi connectivity index (χ2n) is 9.91. The van der Waals surface area contributed by atoms with Gasteiger partial charge in [-0.3, -0.25) is 4.79 Å². The molecule has 2 fully saturated rings. The number of aromatic nitrogens is 4. The maximum absolute atomic E-state index is 14.0. The van der Waals surface area contributed by atoms with Crippen LogP contribution in [0, 0.1) is 0 Å². The second-order valence-corrected chi connectivity index (χ2v) is 9.91. The number of amides is 1. The molecule has 0 aliphatic carbocycles. The molecule has 2 aromatic rings. The third-order valence-electron chi connectivity index (χ3n) is 7.34. The molecule has 0 unspecified atom stereocenters. The number of carbonyl (C=O) groups is 1. The first kappa shape index (κ1) is 24.5. The lowest BCUT2D eigenvalue weighted by Crippen LogP contribution is -2.52. The molecule has 0 bridgehead atoms. The van der Waals surface area contributed by atoms with Crippen LogP contribution >= 0.6 is 0 Å². The molecule has 13 heteroatoms. The Hall–Kier alpha value is -3.19. The number of carbonyl (C=O) groups excluding carboxylic acids is 1. The highest BCUT2D eigenvalue weighted by molar-refractivity contribution is 5.84. The number of likely N-dealkylation sites (tertiary alicyclic amines) is 1. The van der Waals surface area contributed by atoms with Crippen LogP contribution in [0.2, 0.25) is 0 Å². The van der Waals surface area contributed by atoms with Crippen molar-refractivity contribution in [1.82, 2.24) is 24.8 Å². The van der Waals surface area contributed by atoms with E-state index in [0.717, 1.165) is 22.6 Å². The summed E-state index contributed by atoms with van der Waals surface area (Å²) in [5.41, 5.74) is 12.7. The van der Waals surface area contributed by atoms with Gasteiger partial charge in [0.1, 0.15) is 5.82 Å². The van der Waals surface area contributed by atoms with E-state index >= 15 is 0 Å². The highest BCUT2D eigenvalue weighted by Crippen LogP contribution is 2.42. The SMILES string of the molecule is C[C@H]1COCCN1c1nc(-c2cnc(N)nc2)c2c(n1)N([C@@]1(C)CCN(C(=O)C(F)(F)CN)C1)CC2. The van der Waals surface area contributed by atoms with Crippen molar-refractivity contribution in [2.45, 2.75) is 44.2 Å². The highest BCUT2D eigenvalue weighted by atomic mass is 19.3. The molecule has 0 radical (unpaired) electrons. The summed E-state index contributed by atoms with van der Waals surface area (Å²) in [5, 5.41) is 0. The summed E-state index contributed by atoms with van der Waals surface area (Å²) in [6.07, 6.45) is 4.49. The fraction of sp³-hybridized carbons (Fsp3) is 0.609. The van der Waals surface area contributed by atoms with Crippen LogP contribution in [0.15, 0.2) is 12.4 Å². The fourth-order valence-electron chi connectivity index (χ4n) is 5.28. The average molecular weight is 504 g/mol. The Balaban J connectivity index is 1.53. The Bertz CT molecular complexity index is 1150. The third-order valence-corrected chi connectivity index (χ3v) is 7.34.